The molecular weight excluding hydrogens is 362 g/mol. The average Bonchev–Trinajstić information content (AvgIpc) is 3.44. The van der Waals surface area contributed by atoms with Gasteiger partial charge in [-0.15, -0.1) is 0 Å². The number of carbonyl (C=O) groups is 1. The van der Waals surface area contributed by atoms with E-state index in [2.05, 4.69) is 14.9 Å². The Bertz CT molecular complexity index is 887. The van der Waals surface area contributed by atoms with Crippen LogP contribution < -0.4 is 10.0 Å². The van der Waals surface area contributed by atoms with Crippen LogP contribution in [0.4, 0.5) is 0 Å². The van der Waals surface area contributed by atoms with E-state index in [1.165, 1.54) is 29.8 Å². The van der Waals surface area contributed by atoms with Gasteiger partial charge in [-0.25, -0.2) is 13.1 Å². The molecule has 2 N–H and O–H groups in total. The van der Waals surface area contributed by atoms with Gasteiger partial charge in [0.1, 0.15) is 0 Å². The second kappa shape index (κ2) is 8.21. The zero-order chi connectivity index (χ0) is 19.4. The highest BCUT2D eigenvalue weighted by Gasteiger charge is 2.27. The molecule has 2 aromatic rings. The van der Waals surface area contributed by atoms with Crippen LogP contribution in [-0.2, 0) is 23.1 Å². The van der Waals surface area contributed by atoms with Gasteiger partial charge in [0.2, 0.25) is 10.0 Å². The van der Waals surface area contributed by atoms with Crippen LogP contribution in [0.1, 0.15) is 34.3 Å². The van der Waals surface area contributed by atoms with Crippen LogP contribution in [-0.4, -0.2) is 39.4 Å². The van der Waals surface area contributed by atoms with Gasteiger partial charge in [0, 0.05) is 24.7 Å². The first-order chi connectivity index (χ1) is 12.8. The molecule has 144 valence electrons. The molecule has 0 bridgehead atoms. The van der Waals surface area contributed by atoms with Gasteiger partial charge in [-0.05, 0) is 62.3 Å². The van der Waals surface area contributed by atoms with Crippen LogP contribution in [0.2, 0.25) is 0 Å². The third-order valence-corrected chi connectivity index (χ3v) is 5.84. The molecule has 1 saturated carbocycles. The van der Waals surface area contributed by atoms with Crippen molar-refractivity contribution in [2.75, 3.05) is 14.1 Å². The molecule has 1 aliphatic rings. The van der Waals surface area contributed by atoms with E-state index in [4.69, 9.17) is 0 Å². The minimum atomic E-state index is -3.49. The van der Waals surface area contributed by atoms with Gasteiger partial charge in [0.25, 0.3) is 5.91 Å². The minimum Gasteiger partial charge on any atom is -0.348 e. The highest BCUT2D eigenvalue weighted by molar-refractivity contribution is 7.89. The van der Waals surface area contributed by atoms with Gasteiger partial charge in [0.05, 0.1) is 4.90 Å². The summed E-state index contributed by atoms with van der Waals surface area (Å²) in [5.74, 6) is -0.230. The number of carbonyl (C=O) groups excluding carboxylic acids is 1. The number of nitrogens with one attached hydrogen (secondary N) is 2. The zero-order valence-corrected chi connectivity index (χ0v) is 16.4. The van der Waals surface area contributed by atoms with E-state index in [-0.39, 0.29) is 16.8 Å². The summed E-state index contributed by atoms with van der Waals surface area (Å²) in [6.07, 6.45) is 1.77. The monoisotopic (exact) mass is 387 g/mol. The van der Waals surface area contributed by atoms with Crippen molar-refractivity contribution in [2.24, 2.45) is 0 Å². The van der Waals surface area contributed by atoms with E-state index < -0.39 is 10.0 Å². The quantitative estimate of drug-likeness (QED) is 0.727. The fourth-order valence-corrected chi connectivity index (χ4v) is 3.99. The summed E-state index contributed by atoms with van der Waals surface area (Å²) < 4.78 is 26.9. The van der Waals surface area contributed by atoms with E-state index in [9.17, 15) is 13.2 Å². The molecule has 0 atom stereocenters. The summed E-state index contributed by atoms with van der Waals surface area (Å²) in [4.78, 5) is 14.6. The summed E-state index contributed by atoms with van der Waals surface area (Å²) in [5.41, 5.74) is 2.66. The zero-order valence-electron chi connectivity index (χ0n) is 15.6. The number of sulfonamides is 1. The predicted molar refractivity (Wildman–Crippen MR) is 105 cm³/mol. The lowest BCUT2D eigenvalue weighted by Gasteiger charge is -2.11. The molecule has 1 fully saturated rings. The molecule has 1 amide bonds. The first-order valence-electron chi connectivity index (χ1n) is 8.96. The van der Waals surface area contributed by atoms with Crippen molar-refractivity contribution in [1.29, 1.82) is 0 Å². The molecule has 2 aromatic carbocycles. The Balaban J connectivity index is 1.56. The number of amides is 1. The molecular formula is C20H25N3O3S. The van der Waals surface area contributed by atoms with Gasteiger partial charge in [-0.3, -0.25) is 4.79 Å². The lowest BCUT2D eigenvalue weighted by atomic mass is 10.1. The first kappa shape index (κ1) is 19.5. The van der Waals surface area contributed by atoms with Crippen LogP contribution >= 0.6 is 0 Å². The van der Waals surface area contributed by atoms with Crippen LogP contribution in [0.25, 0.3) is 0 Å². The maximum atomic E-state index is 12.3. The smallest absolute Gasteiger partial charge is 0.251 e. The SMILES string of the molecule is CN(C)Cc1ccc(CNC(=O)c2ccc(S(=O)(=O)NC3CC3)cc2)cc1. The Morgan fingerprint density at radius 2 is 1.59 bits per heavy atom. The Morgan fingerprint density at radius 1 is 1.00 bits per heavy atom. The van der Waals surface area contributed by atoms with Crippen molar-refractivity contribution in [3.8, 4) is 0 Å². The molecule has 0 aromatic heterocycles. The summed E-state index contributed by atoms with van der Waals surface area (Å²) in [5, 5.41) is 2.86. The molecule has 0 saturated heterocycles. The van der Waals surface area contributed by atoms with E-state index in [0.717, 1.165) is 24.9 Å². The van der Waals surface area contributed by atoms with Crippen molar-refractivity contribution in [1.82, 2.24) is 14.9 Å². The van der Waals surface area contributed by atoms with E-state index in [0.29, 0.717) is 12.1 Å². The standard InChI is InChI=1S/C20H25N3O3S/c1-23(2)14-16-5-3-15(4-6-16)13-21-20(24)17-7-11-19(12-8-17)27(25,26)22-18-9-10-18/h3-8,11-12,18,22H,9-10,13-14H2,1-2H3,(H,21,24). The Labute approximate surface area is 160 Å². The fourth-order valence-electron chi connectivity index (χ4n) is 2.69. The number of hydrogen-bond donors (Lipinski definition) is 2. The number of rotatable bonds is 8. The molecule has 27 heavy (non-hydrogen) atoms. The second-order valence-electron chi connectivity index (χ2n) is 7.16. The fraction of sp³-hybridized carbons (Fsp3) is 0.350. The van der Waals surface area contributed by atoms with Crippen molar-refractivity contribution in [3.63, 3.8) is 0 Å². The van der Waals surface area contributed by atoms with Crippen molar-refractivity contribution in [2.45, 2.75) is 36.9 Å². The highest BCUT2D eigenvalue weighted by atomic mass is 32.2. The predicted octanol–water partition coefficient (Wildman–Crippen LogP) is 2.12. The summed E-state index contributed by atoms with van der Waals surface area (Å²) in [6, 6.07) is 14.2. The maximum Gasteiger partial charge on any atom is 0.251 e. The van der Waals surface area contributed by atoms with Crippen LogP contribution in [0.3, 0.4) is 0 Å². The van der Waals surface area contributed by atoms with Crippen molar-refractivity contribution in [3.05, 3.63) is 65.2 Å². The normalized spacial score (nSPS) is 14.3. The lowest BCUT2D eigenvalue weighted by Crippen LogP contribution is -2.26. The van der Waals surface area contributed by atoms with Crippen molar-refractivity contribution >= 4 is 15.9 Å². The topological polar surface area (TPSA) is 78.5 Å². The molecule has 0 unspecified atom stereocenters. The van der Waals surface area contributed by atoms with Gasteiger partial charge in [-0.1, -0.05) is 24.3 Å². The number of benzene rings is 2. The Morgan fingerprint density at radius 3 is 2.15 bits per heavy atom. The van der Waals surface area contributed by atoms with Gasteiger partial charge >= 0.3 is 0 Å². The minimum absolute atomic E-state index is 0.0575. The van der Waals surface area contributed by atoms with Crippen LogP contribution in [0.5, 0.6) is 0 Å². The maximum absolute atomic E-state index is 12.3. The molecule has 6 nitrogen and oxygen atoms in total. The van der Waals surface area contributed by atoms with Crippen molar-refractivity contribution < 1.29 is 13.2 Å². The van der Waals surface area contributed by atoms with E-state index in [1.54, 1.807) is 0 Å². The molecule has 0 spiro atoms. The first-order valence-corrected chi connectivity index (χ1v) is 10.4. The van der Waals surface area contributed by atoms with Crippen LogP contribution in [0.15, 0.2) is 53.4 Å². The molecule has 0 radical (unpaired) electrons. The van der Waals surface area contributed by atoms with E-state index >= 15 is 0 Å². The average molecular weight is 388 g/mol. The second-order valence-corrected chi connectivity index (χ2v) is 8.87. The molecule has 0 aliphatic heterocycles. The Hall–Kier alpha value is -2.22. The van der Waals surface area contributed by atoms with Gasteiger partial charge < -0.3 is 10.2 Å². The molecule has 3 rings (SSSR count). The third kappa shape index (κ3) is 5.63. The highest BCUT2D eigenvalue weighted by Crippen LogP contribution is 2.22. The van der Waals surface area contributed by atoms with Gasteiger partial charge in [0.15, 0.2) is 0 Å². The summed E-state index contributed by atoms with van der Waals surface area (Å²) in [7, 11) is 0.548. The largest absolute Gasteiger partial charge is 0.348 e. The van der Waals surface area contributed by atoms with Crippen LogP contribution in [0, 0.1) is 0 Å². The van der Waals surface area contributed by atoms with Gasteiger partial charge in [-0.2, -0.15) is 0 Å². The summed E-state index contributed by atoms with van der Waals surface area (Å²) >= 11 is 0. The Kier molecular flexibility index (Phi) is 5.94. The molecule has 7 heteroatoms. The number of nitrogens with zero attached hydrogens (tertiary/aromatic N) is 1. The molecule has 0 heterocycles. The molecule has 1 aliphatic carbocycles. The van der Waals surface area contributed by atoms with E-state index in [1.807, 2.05) is 38.4 Å². The lowest BCUT2D eigenvalue weighted by molar-refractivity contribution is 0.0951. The summed E-state index contributed by atoms with van der Waals surface area (Å²) in [6.45, 7) is 1.29. The third-order valence-electron chi connectivity index (χ3n) is 4.30. The number of hydrogen-bond acceptors (Lipinski definition) is 4.